The second-order valence-electron chi connectivity index (χ2n) is 6.69. The van der Waals surface area contributed by atoms with E-state index in [1.165, 1.54) is 6.07 Å². The van der Waals surface area contributed by atoms with Crippen LogP contribution in [-0.2, 0) is 4.79 Å². The Bertz CT molecular complexity index is 799. The molecule has 1 aromatic heterocycles. The lowest BCUT2D eigenvalue weighted by atomic mass is 9.84. The third kappa shape index (κ3) is 4.94. The third-order valence-electron chi connectivity index (χ3n) is 4.76. The monoisotopic (exact) mass is 483 g/mol. The molecular weight excluding hydrogens is 460 g/mol. The number of nitrogens with zero attached hydrogens (tertiary/aromatic N) is 2. The molecule has 1 aliphatic carbocycles. The number of unbranched alkanes of at least 4 members (excludes halogenated alkanes) is 1. The van der Waals surface area contributed by atoms with Crippen molar-refractivity contribution in [3.8, 4) is 5.75 Å². The van der Waals surface area contributed by atoms with Gasteiger partial charge in [-0.15, -0.1) is 0 Å². The number of carbonyl (C=O) groups excluding carboxylic acids is 1. The van der Waals surface area contributed by atoms with Crippen LogP contribution in [0.4, 0.5) is 4.39 Å². The van der Waals surface area contributed by atoms with Crippen molar-refractivity contribution in [1.29, 1.82) is 0 Å². The van der Waals surface area contributed by atoms with Crippen LogP contribution in [0, 0.1) is 15.4 Å². The Balaban J connectivity index is 1.91. The molecule has 0 radical (unpaired) electrons. The summed E-state index contributed by atoms with van der Waals surface area (Å²) >= 11 is 2.10. The number of aromatic nitrogens is 2. The van der Waals surface area contributed by atoms with Crippen molar-refractivity contribution >= 4 is 28.5 Å². The summed E-state index contributed by atoms with van der Waals surface area (Å²) in [5, 5.41) is 3.08. The van der Waals surface area contributed by atoms with E-state index in [2.05, 4.69) is 44.8 Å². The number of hydrogen-bond donors (Lipinski definition) is 1. The van der Waals surface area contributed by atoms with E-state index in [0.29, 0.717) is 16.0 Å². The summed E-state index contributed by atoms with van der Waals surface area (Å²) in [5.41, 5.74) is 1.38. The lowest BCUT2D eigenvalue weighted by molar-refractivity contribution is -0.127. The zero-order valence-electron chi connectivity index (χ0n) is 15.3. The van der Waals surface area contributed by atoms with Crippen molar-refractivity contribution in [2.75, 3.05) is 6.61 Å². The number of nitrogens with one attached hydrogen (secondary N) is 1. The number of carbonyl (C=O) groups is 1. The van der Waals surface area contributed by atoms with Gasteiger partial charge in [-0.05, 0) is 59.5 Å². The van der Waals surface area contributed by atoms with E-state index in [9.17, 15) is 9.18 Å². The second-order valence-corrected chi connectivity index (χ2v) is 7.72. The van der Waals surface area contributed by atoms with Crippen LogP contribution in [-0.4, -0.2) is 22.5 Å². The molecule has 1 amide bonds. The van der Waals surface area contributed by atoms with Gasteiger partial charge < -0.3 is 10.1 Å². The van der Waals surface area contributed by atoms with Crippen LogP contribution in [0.3, 0.4) is 0 Å². The Morgan fingerprint density at radius 1 is 1.37 bits per heavy atom. The standard InChI is InChI=1S/C20H23FIN3O2/c1-2-3-11-27-16-12-14(7-8-15(16)21)17(18-19(22)24-10-9-23-18)25-20(26)13-5-4-6-13/h7-10,12-13,17H,2-6,11H2,1H3,(H,25,26). The molecular formula is C20H23FIN3O2. The zero-order valence-corrected chi connectivity index (χ0v) is 17.4. The molecule has 0 bridgehead atoms. The molecule has 1 atom stereocenters. The highest BCUT2D eigenvalue weighted by Crippen LogP contribution is 2.31. The van der Waals surface area contributed by atoms with Gasteiger partial charge in [0.25, 0.3) is 0 Å². The van der Waals surface area contributed by atoms with Gasteiger partial charge in [-0.1, -0.05) is 25.8 Å². The summed E-state index contributed by atoms with van der Waals surface area (Å²) in [6.45, 7) is 2.51. The van der Waals surface area contributed by atoms with Crippen molar-refractivity contribution in [3.63, 3.8) is 0 Å². The first-order valence-electron chi connectivity index (χ1n) is 9.29. The maximum absolute atomic E-state index is 14.2. The number of halogens is 2. The maximum Gasteiger partial charge on any atom is 0.223 e. The Morgan fingerprint density at radius 3 is 2.81 bits per heavy atom. The van der Waals surface area contributed by atoms with E-state index in [1.807, 2.05) is 0 Å². The summed E-state index contributed by atoms with van der Waals surface area (Å²) in [4.78, 5) is 21.3. The SMILES string of the molecule is CCCCOc1cc(C(NC(=O)C2CCC2)c2nccnc2I)ccc1F. The normalized spacial score (nSPS) is 15.1. The molecule has 1 heterocycles. The number of rotatable bonds is 8. The van der Waals surface area contributed by atoms with Gasteiger partial charge in [0.1, 0.15) is 3.70 Å². The van der Waals surface area contributed by atoms with Crippen LogP contribution in [0.15, 0.2) is 30.6 Å². The highest BCUT2D eigenvalue weighted by Gasteiger charge is 2.29. The lowest BCUT2D eigenvalue weighted by Crippen LogP contribution is -2.38. The number of benzene rings is 1. The smallest absolute Gasteiger partial charge is 0.223 e. The zero-order chi connectivity index (χ0) is 19.2. The van der Waals surface area contributed by atoms with E-state index in [1.54, 1.807) is 24.5 Å². The fraction of sp³-hybridized carbons (Fsp3) is 0.450. The van der Waals surface area contributed by atoms with Gasteiger partial charge in [-0.25, -0.2) is 9.37 Å². The topological polar surface area (TPSA) is 64.1 Å². The van der Waals surface area contributed by atoms with Gasteiger partial charge in [-0.3, -0.25) is 9.78 Å². The lowest BCUT2D eigenvalue weighted by Gasteiger charge is -2.28. The minimum absolute atomic E-state index is 0.00507. The van der Waals surface area contributed by atoms with Crippen molar-refractivity contribution in [2.24, 2.45) is 5.92 Å². The van der Waals surface area contributed by atoms with E-state index in [-0.39, 0.29) is 17.6 Å². The summed E-state index contributed by atoms with van der Waals surface area (Å²) < 4.78 is 20.4. The van der Waals surface area contributed by atoms with E-state index < -0.39 is 11.9 Å². The average molecular weight is 483 g/mol. The molecule has 2 aromatic rings. The summed E-state index contributed by atoms with van der Waals surface area (Å²) in [7, 11) is 0. The molecule has 0 aliphatic heterocycles. The summed E-state index contributed by atoms with van der Waals surface area (Å²) in [6.07, 6.45) is 7.93. The van der Waals surface area contributed by atoms with Crippen LogP contribution >= 0.6 is 22.6 Å². The van der Waals surface area contributed by atoms with Crippen LogP contribution < -0.4 is 10.1 Å². The van der Waals surface area contributed by atoms with Gasteiger partial charge in [0, 0.05) is 18.3 Å². The van der Waals surface area contributed by atoms with Gasteiger partial charge in [0.15, 0.2) is 11.6 Å². The minimum Gasteiger partial charge on any atom is -0.491 e. The number of ether oxygens (including phenoxy) is 1. The molecule has 0 saturated heterocycles. The molecule has 7 heteroatoms. The van der Waals surface area contributed by atoms with Crippen LogP contribution in [0.25, 0.3) is 0 Å². The molecule has 1 aliphatic rings. The van der Waals surface area contributed by atoms with Gasteiger partial charge in [0.2, 0.25) is 5.91 Å². The first-order valence-corrected chi connectivity index (χ1v) is 10.4. The fourth-order valence-electron chi connectivity index (χ4n) is 2.90. The fourth-order valence-corrected chi connectivity index (χ4v) is 3.51. The average Bonchev–Trinajstić information content (AvgIpc) is 2.61. The molecule has 1 unspecified atom stereocenters. The Morgan fingerprint density at radius 2 is 2.15 bits per heavy atom. The largest absolute Gasteiger partial charge is 0.491 e. The first kappa shape index (κ1) is 20.0. The highest BCUT2D eigenvalue weighted by atomic mass is 127. The molecule has 144 valence electrons. The van der Waals surface area contributed by atoms with E-state index in [4.69, 9.17) is 4.74 Å². The van der Waals surface area contributed by atoms with Crippen LogP contribution in [0.5, 0.6) is 5.75 Å². The van der Waals surface area contributed by atoms with E-state index in [0.717, 1.165) is 37.7 Å². The Kier molecular flexibility index (Phi) is 6.98. The molecule has 1 N–H and O–H groups in total. The van der Waals surface area contributed by atoms with E-state index >= 15 is 0 Å². The minimum atomic E-state index is -0.493. The molecule has 1 fully saturated rings. The van der Waals surface area contributed by atoms with Gasteiger partial charge >= 0.3 is 0 Å². The summed E-state index contributed by atoms with van der Waals surface area (Å²) in [5.74, 6) is -0.163. The third-order valence-corrected chi connectivity index (χ3v) is 5.59. The van der Waals surface area contributed by atoms with Crippen molar-refractivity contribution < 1.29 is 13.9 Å². The van der Waals surface area contributed by atoms with Gasteiger partial charge in [-0.2, -0.15) is 0 Å². The van der Waals surface area contributed by atoms with Crippen LogP contribution in [0.1, 0.15) is 56.3 Å². The number of amides is 1. The van der Waals surface area contributed by atoms with Crippen molar-refractivity contribution in [1.82, 2.24) is 15.3 Å². The molecule has 27 heavy (non-hydrogen) atoms. The highest BCUT2D eigenvalue weighted by molar-refractivity contribution is 14.1. The molecule has 0 spiro atoms. The van der Waals surface area contributed by atoms with Gasteiger partial charge in [0.05, 0.1) is 18.3 Å². The number of hydrogen-bond acceptors (Lipinski definition) is 4. The second kappa shape index (κ2) is 9.43. The van der Waals surface area contributed by atoms with Crippen molar-refractivity contribution in [3.05, 3.63) is 51.4 Å². The first-order chi connectivity index (χ1) is 13.1. The van der Waals surface area contributed by atoms with Crippen LogP contribution in [0.2, 0.25) is 0 Å². The Labute approximate surface area is 172 Å². The predicted molar refractivity (Wildman–Crippen MR) is 109 cm³/mol. The molecule has 1 aromatic carbocycles. The summed E-state index contributed by atoms with van der Waals surface area (Å²) in [6, 6.07) is 4.20. The quantitative estimate of drug-likeness (QED) is 0.447. The molecule has 1 saturated carbocycles. The van der Waals surface area contributed by atoms with Crippen molar-refractivity contribution in [2.45, 2.75) is 45.1 Å². The predicted octanol–water partition coefficient (Wildman–Crippen LogP) is 4.40. The maximum atomic E-state index is 14.2. The Hall–Kier alpha value is -1.77. The molecule has 3 rings (SSSR count). The molecule has 5 nitrogen and oxygen atoms in total.